The molecule has 0 atom stereocenters. The van der Waals surface area contributed by atoms with Crippen molar-refractivity contribution >= 4 is 17.3 Å². The minimum atomic E-state index is -1.06. The van der Waals surface area contributed by atoms with Gasteiger partial charge in [0.15, 0.2) is 5.69 Å². The first-order chi connectivity index (χ1) is 8.67. The Labute approximate surface area is 108 Å². The van der Waals surface area contributed by atoms with E-state index in [-0.39, 0.29) is 12.2 Å². The van der Waals surface area contributed by atoms with Crippen LogP contribution in [0, 0.1) is 0 Å². The lowest BCUT2D eigenvalue weighted by Gasteiger charge is -2.06. The van der Waals surface area contributed by atoms with Gasteiger partial charge < -0.3 is 15.6 Å². The van der Waals surface area contributed by atoms with E-state index in [1.54, 1.807) is 19.2 Å². The molecule has 94 valence electrons. The summed E-state index contributed by atoms with van der Waals surface area (Å²) >= 11 is 1.27. The van der Waals surface area contributed by atoms with Crippen molar-refractivity contribution in [2.75, 3.05) is 7.11 Å². The number of hydrogen-bond donors (Lipinski definition) is 2. The van der Waals surface area contributed by atoms with E-state index in [0.717, 1.165) is 5.56 Å². The number of para-hydroxylation sites is 1. The summed E-state index contributed by atoms with van der Waals surface area (Å²) in [6.45, 7) is 0.222. The number of ether oxygens (including phenoxy) is 1. The third kappa shape index (κ3) is 2.20. The van der Waals surface area contributed by atoms with Gasteiger partial charge in [-0.05, 0) is 12.1 Å². The van der Waals surface area contributed by atoms with Gasteiger partial charge in [-0.2, -0.15) is 0 Å². The molecule has 2 rings (SSSR count). The molecule has 0 saturated heterocycles. The maximum atomic E-state index is 11.2. The molecule has 3 N–H and O–H groups in total. The van der Waals surface area contributed by atoms with Crippen LogP contribution in [0.15, 0.2) is 24.3 Å². The van der Waals surface area contributed by atoms with Crippen LogP contribution >= 0.6 is 11.3 Å². The summed E-state index contributed by atoms with van der Waals surface area (Å²) in [7, 11) is 1.55. The SMILES string of the molecule is COc1ccccc1-c1sc(CN)nc1C(=O)O. The van der Waals surface area contributed by atoms with Gasteiger partial charge in [0.2, 0.25) is 0 Å². The predicted octanol–water partition coefficient (Wildman–Crippen LogP) is 1.98. The van der Waals surface area contributed by atoms with Crippen LogP contribution in [0.2, 0.25) is 0 Å². The van der Waals surface area contributed by atoms with Gasteiger partial charge in [-0.3, -0.25) is 0 Å². The number of methoxy groups -OCH3 is 1. The molecular weight excluding hydrogens is 252 g/mol. The average Bonchev–Trinajstić information content (AvgIpc) is 2.83. The molecule has 0 saturated carbocycles. The van der Waals surface area contributed by atoms with Gasteiger partial charge in [0.1, 0.15) is 10.8 Å². The number of carbonyl (C=O) groups is 1. The summed E-state index contributed by atoms with van der Waals surface area (Å²) in [6, 6.07) is 7.24. The molecule has 0 aliphatic rings. The molecule has 18 heavy (non-hydrogen) atoms. The number of aromatic carboxylic acids is 1. The number of carboxylic acids is 1. The van der Waals surface area contributed by atoms with Gasteiger partial charge in [-0.25, -0.2) is 9.78 Å². The second kappa shape index (κ2) is 5.16. The van der Waals surface area contributed by atoms with E-state index < -0.39 is 5.97 Å². The highest BCUT2D eigenvalue weighted by Gasteiger charge is 2.20. The Balaban J connectivity index is 2.62. The molecule has 0 amide bonds. The van der Waals surface area contributed by atoms with E-state index in [9.17, 15) is 4.79 Å². The Kier molecular flexibility index (Phi) is 3.59. The normalized spacial score (nSPS) is 10.3. The fourth-order valence-electron chi connectivity index (χ4n) is 1.61. The number of carboxylic acid groups (broad SMARTS) is 1. The van der Waals surface area contributed by atoms with Crippen LogP contribution in [0.25, 0.3) is 10.4 Å². The van der Waals surface area contributed by atoms with Crippen LogP contribution in [0.1, 0.15) is 15.5 Å². The molecule has 1 aromatic heterocycles. The minimum absolute atomic E-state index is 0.0185. The van der Waals surface area contributed by atoms with Gasteiger partial charge in [0.25, 0.3) is 0 Å². The van der Waals surface area contributed by atoms with Crippen molar-refractivity contribution in [1.82, 2.24) is 4.98 Å². The molecule has 0 aliphatic carbocycles. The van der Waals surface area contributed by atoms with E-state index in [4.69, 9.17) is 15.6 Å². The molecule has 0 aliphatic heterocycles. The lowest BCUT2D eigenvalue weighted by atomic mass is 10.1. The molecule has 0 bridgehead atoms. The second-order valence-electron chi connectivity index (χ2n) is 3.49. The number of benzene rings is 1. The molecule has 0 spiro atoms. The van der Waals surface area contributed by atoms with Crippen molar-refractivity contribution in [3.8, 4) is 16.2 Å². The van der Waals surface area contributed by atoms with E-state index in [2.05, 4.69) is 4.98 Å². The van der Waals surface area contributed by atoms with Crippen LogP contribution in [-0.4, -0.2) is 23.2 Å². The van der Waals surface area contributed by atoms with Crippen LogP contribution in [0.5, 0.6) is 5.75 Å². The number of thiazole rings is 1. The third-order valence-electron chi connectivity index (χ3n) is 2.40. The Morgan fingerprint density at radius 1 is 1.50 bits per heavy atom. The highest BCUT2D eigenvalue weighted by atomic mass is 32.1. The highest BCUT2D eigenvalue weighted by Crippen LogP contribution is 2.36. The Morgan fingerprint density at radius 2 is 2.22 bits per heavy atom. The summed E-state index contributed by atoms with van der Waals surface area (Å²) in [6.07, 6.45) is 0. The highest BCUT2D eigenvalue weighted by molar-refractivity contribution is 7.15. The van der Waals surface area contributed by atoms with Gasteiger partial charge in [-0.1, -0.05) is 12.1 Å². The Bertz CT molecular complexity index is 580. The summed E-state index contributed by atoms with van der Waals surface area (Å²) in [5.74, 6) is -0.445. The topological polar surface area (TPSA) is 85.4 Å². The largest absolute Gasteiger partial charge is 0.496 e. The zero-order chi connectivity index (χ0) is 13.1. The number of hydrogen-bond acceptors (Lipinski definition) is 5. The van der Waals surface area contributed by atoms with Crippen LogP contribution < -0.4 is 10.5 Å². The molecule has 1 aromatic carbocycles. The van der Waals surface area contributed by atoms with Crippen molar-refractivity contribution in [2.45, 2.75) is 6.54 Å². The average molecular weight is 264 g/mol. The zero-order valence-electron chi connectivity index (χ0n) is 9.71. The van der Waals surface area contributed by atoms with E-state index in [1.807, 2.05) is 12.1 Å². The number of nitrogens with two attached hydrogens (primary N) is 1. The fraction of sp³-hybridized carbons (Fsp3) is 0.167. The molecule has 0 fully saturated rings. The van der Waals surface area contributed by atoms with Crippen molar-refractivity contribution in [1.29, 1.82) is 0 Å². The summed E-state index contributed by atoms with van der Waals surface area (Å²) < 4.78 is 5.23. The lowest BCUT2D eigenvalue weighted by molar-refractivity contribution is 0.0692. The Morgan fingerprint density at radius 3 is 2.83 bits per heavy atom. The third-order valence-corrected chi connectivity index (χ3v) is 3.51. The van der Waals surface area contributed by atoms with Crippen molar-refractivity contribution in [3.63, 3.8) is 0 Å². The summed E-state index contributed by atoms with van der Waals surface area (Å²) in [4.78, 5) is 15.8. The fourth-order valence-corrected chi connectivity index (χ4v) is 2.58. The van der Waals surface area contributed by atoms with Crippen molar-refractivity contribution < 1.29 is 14.6 Å². The molecule has 0 unspecified atom stereocenters. The number of nitrogens with zero attached hydrogens (tertiary/aromatic N) is 1. The molecule has 2 aromatic rings. The van der Waals surface area contributed by atoms with Crippen molar-refractivity contribution in [2.24, 2.45) is 5.73 Å². The molecule has 0 radical (unpaired) electrons. The maximum absolute atomic E-state index is 11.2. The Hall–Kier alpha value is -1.92. The van der Waals surface area contributed by atoms with E-state index in [1.165, 1.54) is 11.3 Å². The first-order valence-electron chi connectivity index (χ1n) is 5.23. The molecular formula is C12H12N2O3S. The molecule has 6 heteroatoms. The zero-order valence-corrected chi connectivity index (χ0v) is 10.5. The van der Waals surface area contributed by atoms with E-state index in [0.29, 0.717) is 15.6 Å². The van der Waals surface area contributed by atoms with Gasteiger partial charge in [-0.15, -0.1) is 11.3 Å². The quantitative estimate of drug-likeness (QED) is 0.881. The van der Waals surface area contributed by atoms with Gasteiger partial charge >= 0.3 is 5.97 Å². The van der Waals surface area contributed by atoms with E-state index >= 15 is 0 Å². The number of rotatable bonds is 4. The first kappa shape index (κ1) is 12.5. The van der Waals surface area contributed by atoms with Crippen LogP contribution in [-0.2, 0) is 6.54 Å². The lowest BCUT2D eigenvalue weighted by Crippen LogP contribution is -2.01. The maximum Gasteiger partial charge on any atom is 0.356 e. The van der Waals surface area contributed by atoms with Crippen molar-refractivity contribution in [3.05, 3.63) is 35.0 Å². The number of aromatic nitrogens is 1. The predicted molar refractivity (Wildman–Crippen MR) is 69.0 cm³/mol. The first-order valence-corrected chi connectivity index (χ1v) is 6.05. The van der Waals surface area contributed by atoms with Crippen LogP contribution in [0.3, 0.4) is 0 Å². The molecule has 1 heterocycles. The summed E-state index contributed by atoms with van der Waals surface area (Å²) in [5, 5.41) is 9.75. The van der Waals surface area contributed by atoms with Gasteiger partial charge in [0, 0.05) is 12.1 Å². The minimum Gasteiger partial charge on any atom is -0.496 e. The smallest absolute Gasteiger partial charge is 0.356 e. The van der Waals surface area contributed by atoms with Crippen LogP contribution in [0.4, 0.5) is 0 Å². The standard InChI is InChI=1S/C12H12N2O3S/c1-17-8-5-3-2-4-7(8)11-10(12(15)16)14-9(6-13)18-11/h2-5H,6,13H2,1H3,(H,15,16). The second-order valence-corrected chi connectivity index (χ2v) is 4.58. The monoisotopic (exact) mass is 264 g/mol. The van der Waals surface area contributed by atoms with Gasteiger partial charge in [0.05, 0.1) is 12.0 Å². The molecule has 5 nitrogen and oxygen atoms in total. The summed E-state index contributed by atoms with van der Waals surface area (Å²) in [5.41, 5.74) is 6.24.